The Balaban J connectivity index is 1.96. The Labute approximate surface area is 199 Å². The fourth-order valence-corrected chi connectivity index (χ4v) is 5.01. The van der Waals surface area contributed by atoms with Crippen LogP contribution < -0.4 is 0 Å². The number of carbonyl (C=O) groups is 1. The number of rotatable bonds is 13. The predicted octanol–water partition coefficient (Wildman–Crippen LogP) is 7.52. The highest BCUT2D eigenvalue weighted by atomic mass is 35.5. The maximum Gasteiger partial charge on any atom is 0.310 e. The van der Waals surface area contributed by atoms with Crippen LogP contribution in [0.25, 0.3) is 0 Å². The molecule has 2 unspecified atom stereocenters. The first kappa shape index (κ1) is 26.2. The summed E-state index contributed by atoms with van der Waals surface area (Å²) >= 11 is 8.02. The molecule has 0 heterocycles. The average Bonchev–Trinajstić information content (AvgIpc) is 2.78. The minimum atomic E-state index is -0.865. The first-order chi connectivity index (χ1) is 15.3. The summed E-state index contributed by atoms with van der Waals surface area (Å²) in [6.07, 6.45) is 5.07. The third kappa shape index (κ3) is 6.72. The second-order valence-electron chi connectivity index (χ2n) is 7.98. The topological polar surface area (TPSA) is 87.0 Å². The molecule has 0 radical (unpaired) electrons. The van der Waals surface area contributed by atoms with Gasteiger partial charge in [0.15, 0.2) is 0 Å². The van der Waals surface area contributed by atoms with Crippen molar-refractivity contribution >= 4 is 29.3 Å². The van der Waals surface area contributed by atoms with Crippen molar-refractivity contribution in [2.24, 2.45) is 5.18 Å². The number of benzene rings is 2. The number of phenolic OH excluding ortho intramolecular Hbond substituents is 1. The highest BCUT2D eigenvalue weighted by Crippen LogP contribution is 2.36. The van der Waals surface area contributed by atoms with Gasteiger partial charge in [-0.25, -0.2) is 0 Å². The van der Waals surface area contributed by atoms with Gasteiger partial charge in [-0.15, -0.1) is 11.8 Å². The van der Waals surface area contributed by atoms with Crippen LogP contribution in [-0.4, -0.2) is 21.9 Å². The monoisotopic (exact) mass is 477 g/mol. The van der Waals surface area contributed by atoms with Crippen LogP contribution in [0, 0.1) is 4.91 Å². The van der Waals surface area contributed by atoms with Gasteiger partial charge in [-0.1, -0.05) is 55.2 Å². The zero-order valence-corrected chi connectivity index (χ0v) is 20.5. The number of unbranched alkanes of at least 4 members (excludes halogenated alkanes) is 1. The summed E-state index contributed by atoms with van der Waals surface area (Å²) in [5.41, 5.74) is 3.39. The molecule has 0 amide bonds. The van der Waals surface area contributed by atoms with Gasteiger partial charge >= 0.3 is 5.97 Å². The van der Waals surface area contributed by atoms with Gasteiger partial charge in [-0.05, 0) is 73.6 Å². The molecule has 32 heavy (non-hydrogen) atoms. The Bertz CT molecular complexity index is 934. The maximum atomic E-state index is 11.1. The molecular weight excluding hydrogens is 446 g/mol. The molecule has 0 aromatic heterocycles. The van der Waals surface area contributed by atoms with E-state index in [1.54, 1.807) is 24.8 Å². The van der Waals surface area contributed by atoms with Crippen molar-refractivity contribution in [3.8, 4) is 5.75 Å². The van der Waals surface area contributed by atoms with Gasteiger partial charge in [0.25, 0.3) is 0 Å². The standard InChI is InChI=1S/C25H32ClNO4S/c1-4-8-19-17(10-12-20(24(19)28)22(5-2)27-31)9-6-7-14-32-23-13-11-18(15-21(23)26)16(3)25(29)30/h10-13,15-16,22,28H,4-9,14H2,1-3H3,(H,29,30). The number of phenols is 1. The fourth-order valence-electron chi connectivity index (χ4n) is 3.73. The Kier molecular flexibility index (Phi) is 10.5. The summed E-state index contributed by atoms with van der Waals surface area (Å²) in [6.45, 7) is 5.62. The number of carboxylic acids is 1. The molecule has 0 fully saturated rings. The van der Waals surface area contributed by atoms with E-state index in [1.807, 2.05) is 31.2 Å². The van der Waals surface area contributed by atoms with Crippen molar-refractivity contribution in [3.05, 3.63) is 62.5 Å². The molecule has 0 aliphatic rings. The van der Waals surface area contributed by atoms with Crippen molar-refractivity contribution in [1.29, 1.82) is 0 Å². The molecule has 0 saturated heterocycles. The SMILES string of the molecule is CCCc1c(CCCCSc2ccc(C(C)C(=O)O)cc2Cl)ccc(C(CC)N=O)c1O. The minimum absolute atomic E-state index is 0.229. The number of aliphatic carboxylic acids is 1. The number of hydrogen-bond acceptors (Lipinski definition) is 5. The van der Waals surface area contributed by atoms with E-state index in [2.05, 4.69) is 12.1 Å². The van der Waals surface area contributed by atoms with Crippen molar-refractivity contribution < 1.29 is 15.0 Å². The first-order valence-corrected chi connectivity index (χ1v) is 12.5. The van der Waals surface area contributed by atoms with Gasteiger partial charge in [-0.2, -0.15) is 4.91 Å². The molecule has 0 aliphatic carbocycles. The molecule has 0 bridgehead atoms. The zero-order valence-electron chi connectivity index (χ0n) is 18.9. The molecular formula is C25H32ClNO4S. The molecule has 174 valence electrons. The predicted molar refractivity (Wildman–Crippen MR) is 132 cm³/mol. The number of nitroso groups, excluding NO2 is 1. The van der Waals surface area contributed by atoms with E-state index in [4.69, 9.17) is 16.7 Å². The van der Waals surface area contributed by atoms with Gasteiger partial charge in [0, 0.05) is 10.5 Å². The number of halogens is 1. The molecule has 7 heteroatoms. The van der Waals surface area contributed by atoms with Gasteiger partial charge in [-0.3, -0.25) is 4.79 Å². The van der Waals surface area contributed by atoms with E-state index in [0.717, 1.165) is 53.9 Å². The van der Waals surface area contributed by atoms with Gasteiger partial charge in [0.1, 0.15) is 11.8 Å². The summed E-state index contributed by atoms with van der Waals surface area (Å²) in [6, 6.07) is 8.82. The number of nitrogens with zero attached hydrogens (tertiary/aromatic N) is 1. The normalized spacial score (nSPS) is 13.0. The van der Waals surface area contributed by atoms with E-state index in [-0.39, 0.29) is 5.75 Å². The van der Waals surface area contributed by atoms with Crippen LogP contribution in [0.5, 0.6) is 5.75 Å². The van der Waals surface area contributed by atoms with Crippen molar-refractivity contribution in [1.82, 2.24) is 0 Å². The summed E-state index contributed by atoms with van der Waals surface area (Å²) in [5, 5.41) is 23.6. The van der Waals surface area contributed by atoms with Crippen LogP contribution in [0.2, 0.25) is 5.02 Å². The van der Waals surface area contributed by atoms with Gasteiger partial charge < -0.3 is 10.2 Å². The quantitative estimate of drug-likeness (QED) is 0.177. The molecule has 5 nitrogen and oxygen atoms in total. The summed E-state index contributed by atoms with van der Waals surface area (Å²) in [5.74, 6) is -0.321. The van der Waals surface area contributed by atoms with Crippen LogP contribution in [0.15, 0.2) is 40.4 Å². The Morgan fingerprint density at radius 1 is 1.16 bits per heavy atom. The van der Waals surface area contributed by atoms with Crippen LogP contribution in [0.4, 0.5) is 0 Å². The highest BCUT2D eigenvalue weighted by molar-refractivity contribution is 7.99. The highest BCUT2D eigenvalue weighted by Gasteiger charge is 2.19. The lowest BCUT2D eigenvalue weighted by atomic mass is 9.92. The van der Waals surface area contributed by atoms with E-state index >= 15 is 0 Å². The van der Waals surface area contributed by atoms with Gasteiger partial charge in [0.2, 0.25) is 0 Å². The number of thioether (sulfide) groups is 1. The molecule has 2 aromatic rings. The molecule has 0 spiro atoms. The first-order valence-electron chi connectivity index (χ1n) is 11.1. The van der Waals surface area contributed by atoms with Crippen molar-refractivity contribution in [2.45, 2.75) is 76.2 Å². The molecule has 0 aliphatic heterocycles. The summed E-state index contributed by atoms with van der Waals surface area (Å²) in [7, 11) is 0. The third-order valence-corrected chi connectivity index (χ3v) is 7.29. The lowest BCUT2D eigenvalue weighted by Crippen LogP contribution is -2.07. The Morgan fingerprint density at radius 2 is 1.91 bits per heavy atom. The second-order valence-corrected chi connectivity index (χ2v) is 9.52. The summed E-state index contributed by atoms with van der Waals surface area (Å²) < 4.78 is 0. The molecule has 2 atom stereocenters. The lowest BCUT2D eigenvalue weighted by molar-refractivity contribution is -0.138. The van der Waals surface area contributed by atoms with Crippen molar-refractivity contribution in [3.63, 3.8) is 0 Å². The second kappa shape index (κ2) is 12.9. The largest absolute Gasteiger partial charge is 0.507 e. The smallest absolute Gasteiger partial charge is 0.310 e. The zero-order chi connectivity index (χ0) is 23.7. The summed E-state index contributed by atoms with van der Waals surface area (Å²) in [4.78, 5) is 23.2. The number of carboxylic acid groups (broad SMARTS) is 1. The molecule has 2 N–H and O–H groups in total. The maximum absolute atomic E-state index is 11.1. The van der Waals surface area contributed by atoms with E-state index in [0.29, 0.717) is 22.6 Å². The minimum Gasteiger partial charge on any atom is -0.507 e. The molecule has 2 rings (SSSR count). The average molecular weight is 478 g/mol. The van der Waals surface area contributed by atoms with Crippen LogP contribution in [0.3, 0.4) is 0 Å². The van der Waals surface area contributed by atoms with Crippen LogP contribution in [0.1, 0.15) is 80.7 Å². The van der Waals surface area contributed by atoms with E-state index in [9.17, 15) is 14.8 Å². The van der Waals surface area contributed by atoms with Gasteiger partial charge in [0.05, 0.1) is 10.9 Å². The van der Waals surface area contributed by atoms with Crippen LogP contribution >= 0.6 is 23.4 Å². The number of hydrogen-bond donors (Lipinski definition) is 2. The van der Waals surface area contributed by atoms with E-state index in [1.165, 1.54) is 0 Å². The van der Waals surface area contributed by atoms with Crippen LogP contribution in [-0.2, 0) is 17.6 Å². The third-order valence-electron chi connectivity index (χ3n) is 5.71. The Hall–Kier alpha value is -2.05. The molecule has 0 saturated carbocycles. The van der Waals surface area contributed by atoms with E-state index < -0.39 is 17.9 Å². The fraction of sp³-hybridized carbons (Fsp3) is 0.480. The lowest BCUT2D eigenvalue weighted by Gasteiger charge is -2.17. The number of aryl methyl sites for hydroxylation is 1. The number of aromatic hydroxyl groups is 1. The van der Waals surface area contributed by atoms with Crippen molar-refractivity contribution in [2.75, 3.05) is 5.75 Å². The molecule has 2 aromatic carbocycles. The Morgan fingerprint density at radius 3 is 2.50 bits per heavy atom.